The van der Waals surface area contributed by atoms with E-state index < -0.39 is 16.1 Å². The zero-order chi connectivity index (χ0) is 16.1. The van der Waals surface area contributed by atoms with E-state index in [2.05, 4.69) is 87.9 Å². The summed E-state index contributed by atoms with van der Waals surface area (Å²) in [5.74, 6) is 0.504. The van der Waals surface area contributed by atoms with Gasteiger partial charge in [-0.05, 0) is 16.7 Å². The van der Waals surface area contributed by atoms with Crippen molar-refractivity contribution in [1.29, 1.82) is 0 Å². The highest BCUT2D eigenvalue weighted by atomic mass is 28.3. The number of fused-ring (bicyclic) bond motifs is 1. The van der Waals surface area contributed by atoms with Gasteiger partial charge >= 0.3 is 0 Å². The van der Waals surface area contributed by atoms with Crippen LogP contribution in [0, 0.1) is 0 Å². The van der Waals surface area contributed by atoms with Crippen LogP contribution in [0.2, 0.25) is 44.8 Å². The lowest BCUT2D eigenvalue weighted by atomic mass is 9.92. The molecule has 116 valence electrons. The molecule has 3 rings (SSSR count). The highest BCUT2D eigenvalue weighted by molar-refractivity contribution is 6.85. The van der Waals surface area contributed by atoms with E-state index in [0.717, 1.165) is 0 Å². The SMILES string of the molecule is C[Si](C)(C)C1=C(C2C=Cc3ccccc32)C([Si](C)(C)C)C=C1. The molecule has 0 saturated heterocycles. The highest BCUT2D eigenvalue weighted by Gasteiger charge is 2.39. The quantitative estimate of drug-likeness (QED) is 0.576. The maximum absolute atomic E-state index is 2.53. The van der Waals surface area contributed by atoms with Crippen LogP contribution in [0.25, 0.3) is 6.08 Å². The lowest BCUT2D eigenvalue weighted by molar-refractivity contribution is 0.947. The van der Waals surface area contributed by atoms with Crippen molar-refractivity contribution in [2.45, 2.75) is 50.7 Å². The molecule has 0 radical (unpaired) electrons. The van der Waals surface area contributed by atoms with E-state index in [1.54, 1.807) is 10.8 Å². The first kappa shape index (κ1) is 15.8. The predicted molar refractivity (Wildman–Crippen MR) is 105 cm³/mol. The Balaban J connectivity index is 2.15. The third-order valence-electron chi connectivity index (χ3n) is 4.98. The van der Waals surface area contributed by atoms with Crippen LogP contribution in [0.4, 0.5) is 0 Å². The topological polar surface area (TPSA) is 0 Å². The largest absolute Gasteiger partial charge is 0.0802 e. The summed E-state index contributed by atoms with van der Waals surface area (Å²) in [6, 6.07) is 8.93. The van der Waals surface area contributed by atoms with Gasteiger partial charge in [0.25, 0.3) is 0 Å². The molecule has 0 aliphatic heterocycles. The van der Waals surface area contributed by atoms with E-state index in [1.807, 2.05) is 0 Å². The van der Waals surface area contributed by atoms with Gasteiger partial charge in [0.1, 0.15) is 0 Å². The van der Waals surface area contributed by atoms with Crippen LogP contribution in [-0.4, -0.2) is 16.1 Å². The van der Waals surface area contributed by atoms with Gasteiger partial charge in [0.15, 0.2) is 0 Å². The van der Waals surface area contributed by atoms with Crippen LogP contribution in [0.1, 0.15) is 17.0 Å². The Morgan fingerprint density at radius 1 is 0.818 bits per heavy atom. The van der Waals surface area contributed by atoms with E-state index in [-0.39, 0.29) is 0 Å². The predicted octanol–water partition coefficient (Wildman–Crippen LogP) is 6.25. The fourth-order valence-electron chi connectivity index (χ4n) is 3.88. The summed E-state index contributed by atoms with van der Waals surface area (Å²) in [4.78, 5) is 0. The number of hydrogen-bond acceptors (Lipinski definition) is 0. The van der Waals surface area contributed by atoms with Gasteiger partial charge in [-0.1, -0.05) is 98.6 Å². The number of benzene rings is 1. The Bertz CT molecular complexity index is 678. The normalized spacial score (nSPS) is 24.3. The van der Waals surface area contributed by atoms with Crippen molar-refractivity contribution in [3.8, 4) is 0 Å². The van der Waals surface area contributed by atoms with Gasteiger partial charge in [0.05, 0.1) is 16.1 Å². The summed E-state index contributed by atoms with van der Waals surface area (Å²) in [5.41, 5.74) is 5.35. The molecule has 1 aromatic carbocycles. The third kappa shape index (κ3) is 2.63. The summed E-state index contributed by atoms with van der Waals surface area (Å²) >= 11 is 0. The van der Waals surface area contributed by atoms with E-state index in [4.69, 9.17) is 0 Å². The minimum atomic E-state index is -1.32. The van der Waals surface area contributed by atoms with Crippen LogP contribution in [0.3, 0.4) is 0 Å². The fourth-order valence-corrected chi connectivity index (χ4v) is 7.74. The Hall–Kier alpha value is -1.13. The molecule has 2 aliphatic carbocycles. The van der Waals surface area contributed by atoms with Crippen molar-refractivity contribution in [3.63, 3.8) is 0 Å². The van der Waals surface area contributed by atoms with E-state index in [1.165, 1.54) is 11.1 Å². The smallest absolute Gasteiger partial charge is 0.0775 e. The second-order valence-electron chi connectivity index (χ2n) is 8.79. The first-order valence-electron chi connectivity index (χ1n) is 8.39. The van der Waals surface area contributed by atoms with Gasteiger partial charge in [0, 0.05) is 5.92 Å². The van der Waals surface area contributed by atoms with Crippen molar-refractivity contribution < 1.29 is 0 Å². The molecule has 0 fully saturated rings. The van der Waals surface area contributed by atoms with Crippen molar-refractivity contribution in [2.24, 2.45) is 0 Å². The molecule has 0 N–H and O–H groups in total. The maximum atomic E-state index is 2.53. The number of allylic oxidation sites excluding steroid dienone is 5. The van der Waals surface area contributed by atoms with Crippen LogP contribution < -0.4 is 0 Å². The Kier molecular flexibility index (Phi) is 3.73. The average molecular weight is 325 g/mol. The maximum Gasteiger partial charge on any atom is 0.0775 e. The summed E-state index contributed by atoms with van der Waals surface area (Å²) < 4.78 is 0. The molecule has 0 saturated carbocycles. The number of hydrogen-bond donors (Lipinski definition) is 0. The molecule has 1 aromatic rings. The summed E-state index contributed by atoms with van der Waals surface area (Å²) in [7, 11) is -2.57. The lowest BCUT2D eigenvalue weighted by Crippen LogP contribution is -2.31. The molecular weight excluding hydrogens is 296 g/mol. The van der Waals surface area contributed by atoms with Gasteiger partial charge in [-0.3, -0.25) is 0 Å². The molecule has 2 atom stereocenters. The number of rotatable bonds is 3. The zero-order valence-corrected chi connectivity index (χ0v) is 16.8. The molecule has 0 aromatic heterocycles. The van der Waals surface area contributed by atoms with E-state index >= 15 is 0 Å². The molecule has 2 heteroatoms. The molecule has 2 aliphatic rings. The Morgan fingerprint density at radius 3 is 2.14 bits per heavy atom. The molecule has 0 bridgehead atoms. The minimum absolute atomic E-state index is 0.504. The average Bonchev–Trinajstić information content (AvgIpc) is 3.00. The second-order valence-corrected chi connectivity index (χ2v) is 19.2. The Morgan fingerprint density at radius 2 is 1.50 bits per heavy atom. The molecule has 22 heavy (non-hydrogen) atoms. The van der Waals surface area contributed by atoms with Crippen molar-refractivity contribution in [1.82, 2.24) is 0 Å². The molecule has 0 nitrogen and oxygen atoms in total. The van der Waals surface area contributed by atoms with Crippen LogP contribution in [0.5, 0.6) is 0 Å². The first-order valence-corrected chi connectivity index (χ1v) is 15.5. The summed E-state index contributed by atoms with van der Waals surface area (Å²) in [6.45, 7) is 15.0. The van der Waals surface area contributed by atoms with Gasteiger partial charge in [0.2, 0.25) is 0 Å². The highest BCUT2D eigenvalue weighted by Crippen LogP contribution is 2.50. The van der Waals surface area contributed by atoms with Crippen LogP contribution in [-0.2, 0) is 0 Å². The van der Waals surface area contributed by atoms with E-state index in [0.29, 0.717) is 11.5 Å². The minimum Gasteiger partial charge on any atom is -0.0802 e. The third-order valence-corrected chi connectivity index (χ3v) is 9.42. The summed E-state index contributed by atoms with van der Waals surface area (Å²) in [6.07, 6.45) is 9.79. The first-order chi connectivity index (χ1) is 10.2. The lowest BCUT2D eigenvalue weighted by Gasteiger charge is -2.32. The van der Waals surface area contributed by atoms with E-state index in [9.17, 15) is 0 Å². The zero-order valence-electron chi connectivity index (χ0n) is 14.8. The van der Waals surface area contributed by atoms with Crippen molar-refractivity contribution in [3.05, 3.63) is 64.4 Å². The van der Waals surface area contributed by atoms with Gasteiger partial charge in [-0.15, -0.1) is 0 Å². The van der Waals surface area contributed by atoms with Crippen molar-refractivity contribution >= 4 is 22.2 Å². The molecule has 0 spiro atoms. The fraction of sp³-hybridized carbons (Fsp3) is 0.400. The van der Waals surface area contributed by atoms with Crippen molar-refractivity contribution in [2.75, 3.05) is 0 Å². The summed E-state index contributed by atoms with van der Waals surface area (Å²) in [5, 5.41) is 1.70. The molecule has 0 heterocycles. The molecule has 2 unspecified atom stereocenters. The van der Waals surface area contributed by atoms with Gasteiger partial charge in [-0.2, -0.15) is 0 Å². The monoisotopic (exact) mass is 324 g/mol. The molecule has 0 amide bonds. The van der Waals surface area contributed by atoms with Gasteiger partial charge < -0.3 is 0 Å². The molecular formula is C20H28Si2. The Labute approximate surface area is 137 Å². The van der Waals surface area contributed by atoms with Crippen LogP contribution >= 0.6 is 0 Å². The van der Waals surface area contributed by atoms with Crippen LogP contribution in [0.15, 0.2) is 53.3 Å². The van der Waals surface area contributed by atoms with Gasteiger partial charge in [-0.25, -0.2) is 0 Å². The second kappa shape index (κ2) is 5.21. The standard InChI is InChI=1S/C20H28Si2/c1-21(2,3)18-13-14-19(22(4,5)6)20(18)17-12-11-15-9-7-8-10-16(15)17/h7-14,17-18H,1-6H3.